The Morgan fingerprint density at radius 3 is 1.30 bits per heavy atom. The van der Waals surface area contributed by atoms with Crippen molar-refractivity contribution in [1.29, 1.82) is 0 Å². The van der Waals surface area contributed by atoms with E-state index in [1.165, 1.54) is 89.5 Å². The van der Waals surface area contributed by atoms with Crippen molar-refractivity contribution in [2.75, 3.05) is 6.61 Å². The van der Waals surface area contributed by atoms with Crippen LogP contribution in [0.5, 0.6) is 0 Å². The SMILES string of the molecule is O=C(O)C=CCCCCCCCCCCCCCCCCCO. The van der Waals surface area contributed by atoms with Crippen LogP contribution in [0.15, 0.2) is 12.2 Å². The Kier molecular flexibility index (Phi) is 18.5. The first kappa shape index (κ1) is 22.2. The molecule has 3 heteroatoms. The van der Waals surface area contributed by atoms with E-state index >= 15 is 0 Å². The maximum atomic E-state index is 10.3. The van der Waals surface area contributed by atoms with Crippen LogP contribution in [0.4, 0.5) is 0 Å². The van der Waals surface area contributed by atoms with Gasteiger partial charge in [0.2, 0.25) is 0 Å². The number of hydrogen-bond donors (Lipinski definition) is 2. The molecule has 0 saturated carbocycles. The van der Waals surface area contributed by atoms with Crippen LogP contribution < -0.4 is 0 Å². The van der Waals surface area contributed by atoms with Crippen molar-refractivity contribution in [1.82, 2.24) is 0 Å². The van der Waals surface area contributed by atoms with Crippen molar-refractivity contribution < 1.29 is 15.0 Å². The van der Waals surface area contributed by atoms with Gasteiger partial charge in [0.25, 0.3) is 0 Å². The van der Waals surface area contributed by atoms with Crippen LogP contribution >= 0.6 is 0 Å². The number of aliphatic hydroxyl groups is 1. The van der Waals surface area contributed by atoms with Gasteiger partial charge in [0.1, 0.15) is 0 Å². The number of carboxylic acids is 1. The third-order valence-electron chi connectivity index (χ3n) is 4.29. The Morgan fingerprint density at radius 2 is 0.957 bits per heavy atom. The lowest BCUT2D eigenvalue weighted by atomic mass is 10.0. The highest BCUT2D eigenvalue weighted by molar-refractivity contribution is 5.79. The van der Waals surface area contributed by atoms with Crippen LogP contribution in [0.25, 0.3) is 0 Å². The molecule has 0 bridgehead atoms. The molecule has 0 aliphatic carbocycles. The minimum atomic E-state index is -0.841. The molecule has 2 N–H and O–H groups in total. The van der Waals surface area contributed by atoms with Gasteiger partial charge in [-0.2, -0.15) is 0 Å². The second kappa shape index (κ2) is 19.2. The van der Waals surface area contributed by atoms with Crippen LogP contribution in [0.1, 0.15) is 103 Å². The van der Waals surface area contributed by atoms with Gasteiger partial charge in [0.05, 0.1) is 0 Å². The van der Waals surface area contributed by atoms with Gasteiger partial charge < -0.3 is 10.2 Å². The van der Waals surface area contributed by atoms with E-state index in [2.05, 4.69) is 0 Å². The fraction of sp³-hybridized carbons (Fsp3) is 0.850. The monoisotopic (exact) mass is 326 g/mol. The summed E-state index contributed by atoms with van der Waals surface area (Å²) >= 11 is 0. The van der Waals surface area contributed by atoms with E-state index in [-0.39, 0.29) is 0 Å². The Labute approximate surface area is 143 Å². The Bertz CT molecular complexity index is 274. The number of aliphatic hydroxyl groups excluding tert-OH is 1. The van der Waals surface area contributed by atoms with Gasteiger partial charge >= 0.3 is 5.97 Å². The molecule has 0 radical (unpaired) electrons. The highest BCUT2D eigenvalue weighted by Gasteiger charge is 1.94. The molecule has 0 aliphatic heterocycles. The Morgan fingerprint density at radius 1 is 0.609 bits per heavy atom. The molecule has 23 heavy (non-hydrogen) atoms. The first-order valence-corrected chi connectivity index (χ1v) is 9.77. The lowest BCUT2D eigenvalue weighted by Gasteiger charge is -2.03. The number of unbranched alkanes of at least 4 members (excludes halogenated alkanes) is 15. The fourth-order valence-electron chi connectivity index (χ4n) is 2.86. The van der Waals surface area contributed by atoms with Crippen molar-refractivity contribution in [3.63, 3.8) is 0 Å². The predicted molar refractivity (Wildman–Crippen MR) is 97.7 cm³/mol. The lowest BCUT2D eigenvalue weighted by molar-refractivity contribution is -0.131. The summed E-state index contributed by atoms with van der Waals surface area (Å²) in [4.78, 5) is 10.3. The molecule has 3 nitrogen and oxygen atoms in total. The van der Waals surface area contributed by atoms with Crippen LogP contribution in [0.2, 0.25) is 0 Å². The highest BCUT2D eigenvalue weighted by atomic mass is 16.4. The number of hydrogen-bond acceptors (Lipinski definition) is 2. The number of allylic oxidation sites excluding steroid dienone is 1. The van der Waals surface area contributed by atoms with Crippen molar-refractivity contribution in [3.8, 4) is 0 Å². The second-order valence-electron chi connectivity index (χ2n) is 6.56. The summed E-state index contributed by atoms with van der Waals surface area (Å²) in [7, 11) is 0. The van der Waals surface area contributed by atoms with E-state index in [1.54, 1.807) is 6.08 Å². The summed E-state index contributed by atoms with van der Waals surface area (Å²) in [5.41, 5.74) is 0. The highest BCUT2D eigenvalue weighted by Crippen LogP contribution is 2.13. The zero-order valence-electron chi connectivity index (χ0n) is 15.0. The molecule has 0 aromatic heterocycles. The summed E-state index contributed by atoms with van der Waals surface area (Å²) in [6.07, 6.45) is 23.2. The van der Waals surface area contributed by atoms with Gasteiger partial charge in [-0.05, 0) is 19.3 Å². The smallest absolute Gasteiger partial charge is 0.327 e. The molecule has 0 heterocycles. The summed E-state index contributed by atoms with van der Waals surface area (Å²) in [6, 6.07) is 0. The molecule has 0 aliphatic rings. The van der Waals surface area contributed by atoms with Crippen molar-refractivity contribution in [2.45, 2.75) is 103 Å². The largest absolute Gasteiger partial charge is 0.478 e. The maximum Gasteiger partial charge on any atom is 0.327 e. The first-order chi connectivity index (χ1) is 11.3. The minimum absolute atomic E-state index is 0.349. The van der Waals surface area contributed by atoms with Gasteiger partial charge in [-0.3, -0.25) is 0 Å². The van der Waals surface area contributed by atoms with Gasteiger partial charge in [0.15, 0.2) is 0 Å². The molecule has 0 aromatic carbocycles. The van der Waals surface area contributed by atoms with Crippen LogP contribution in [0.3, 0.4) is 0 Å². The van der Waals surface area contributed by atoms with Crippen molar-refractivity contribution in [2.24, 2.45) is 0 Å². The maximum absolute atomic E-state index is 10.3. The molecule has 0 fully saturated rings. The van der Waals surface area contributed by atoms with Gasteiger partial charge in [-0.25, -0.2) is 4.79 Å². The molecule has 0 saturated heterocycles. The summed E-state index contributed by atoms with van der Waals surface area (Å²) in [5.74, 6) is -0.841. The molecule has 136 valence electrons. The molecule has 0 aromatic rings. The first-order valence-electron chi connectivity index (χ1n) is 9.77. The zero-order valence-corrected chi connectivity index (χ0v) is 15.0. The van der Waals surface area contributed by atoms with Crippen LogP contribution in [-0.2, 0) is 4.79 Å². The summed E-state index contributed by atoms with van der Waals surface area (Å²) in [5, 5.41) is 17.1. The summed E-state index contributed by atoms with van der Waals surface area (Å²) < 4.78 is 0. The average Bonchev–Trinajstić information content (AvgIpc) is 2.53. The van der Waals surface area contributed by atoms with E-state index in [0.29, 0.717) is 6.61 Å². The predicted octanol–water partition coefficient (Wildman–Crippen LogP) is 5.86. The Balaban J connectivity index is 3.01. The molecular weight excluding hydrogens is 288 g/mol. The molecule has 0 unspecified atom stereocenters. The molecule has 0 atom stereocenters. The molecule has 0 rings (SSSR count). The van der Waals surface area contributed by atoms with Gasteiger partial charge in [0, 0.05) is 12.7 Å². The molecule has 0 spiro atoms. The molecular formula is C20H38O3. The van der Waals surface area contributed by atoms with E-state index in [4.69, 9.17) is 10.2 Å². The van der Waals surface area contributed by atoms with Gasteiger partial charge in [-0.15, -0.1) is 0 Å². The third-order valence-corrected chi connectivity index (χ3v) is 4.29. The van der Waals surface area contributed by atoms with Crippen molar-refractivity contribution >= 4 is 5.97 Å². The number of aliphatic carboxylic acids is 1. The fourth-order valence-corrected chi connectivity index (χ4v) is 2.86. The van der Waals surface area contributed by atoms with Crippen LogP contribution in [-0.4, -0.2) is 22.8 Å². The van der Waals surface area contributed by atoms with Gasteiger partial charge in [-0.1, -0.05) is 89.5 Å². The topological polar surface area (TPSA) is 57.5 Å². The summed E-state index contributed by atoms with van der Waals surface area (Å²) in [6.45, 7) is 0.349. The Hall–Kier alpha value is -0.830. The number of rotatable bonds is 18. The van der Waals surface area contributed by atoms with E-state index < -0.39 is 5.97 Å². The third kappa shape index (κ3) is 21.2. The van der Waals surface area contributed by atoms with Crippen molar-refractivity contribution in [3.05, 3.63) is 12.2 Å². The number of carboxylic acid groups (broad SMARTS) is 1. The average molecular weight is 327 g/mol. The quantitative estimate of drug-likeness (QED) is 0.245. The normalized spacial score (nSPS) is 11.3. The van der Waals surface area contributed by atoms with Crippen LogP contribution in [0, 0.1) is 0 Å². The standard InChI is InChI=1S/C20H38O3/c21-19-17-15-13-11-9-7-5-3-1-2-4-6-8-10-12-14-16-18-20(22)23/h16,18,21H,1-15,17,19H2,(H,22,23). The zero-order chi connectivity index (χ0) is 17.0. The second-order valence-corrected chi connectivity index (χ2v) is 6.56. The number of carbonyl (C=O) groups is 1. The van der Waals surface area contributed by atoms with E-state index in [0.717, 1.165) is 19.3 Å². The molecule has 0 amide bonds. The van der Waals surface area contributed by atoms with E-state index in [1.807, 2.05) is 0 Å². The minimum Gasteiger partial charge on any atom is -0.478 e. The van der Waals surface area contributed by atoms with E-state index in [9.17, 15) is 4.79 Å². The lowest BCUT2D eigenvalue weighted by Crippen LogP contribution is -1.86.